The maximum absolute atomic E-state index is 12.8. The van der Waals surface area contributed by atoms with Crippen molar-refractivity contribution in [2.24, 2.45) is 0 Å². The number of rotatable bonds is 2. The second kappa shape index (κ2) is 5.32. The van der Waals surface area contributed by atoms with E-state index >= 15 is 0 Å². The molecular formula is C18H10N4O3. The van der Waals surface area contributed by atoms with Gasteiger partial charge in [0, 0.05) is 28.7 Å². The van der Waals surface area contributed by atoms with Crippen LogP contribution in [0, 0.1) is 21.4 Å². The van der Waals surface area contributed by atoms with Crippen LogP contribution in [0.3, 0.4) is 0 Å². The molecule has 0 spiro atoms. The fourth-order valence-corrected chi connectivity index (χ4v) is 2.97. The Kier molecular flexibility index (Phi) is 3.12. The summed E-state index contributed by atoms with van der Waals surface area (Å²) in [5.41, 5.74) is 2.05. The smallest absolute Gasteiger partial charge is 0.273 e. The molecule has 2 aromatic carbocycles. The number of nitro groups is 1. The van der Waals surface area contributed by atoms with E-state index in [9.17, 15) is 20.2 Å². The first-order valence-corrected chi connectivity index (χ1v) is 7.41. The van der Waals surface area contributed by atoms with Crippen LogP contribution in [0.4, 0.5) is 5.69 Å². The molecule has 0 radical (unpaired) electrons. The van der Waals surface area contributed by atoms with Crippen LogP contribution in [0.5, 0.6) is 0 Å². The van der Waals surface area contributed by atoms with Crippen LogP contribution >= 0.6 is 0 Å². The van der Waals surface area contributed by atoms with Gasteiger partial charge in [-0.15, -0.1) is 0 Å². The minimum absolute atomic E-state index is 0.00240. The molecule has 4 aromatic rings. The number of nitriles is 1. The Hall–Kier alpha value is -3.92. The molecule has 4 rings (SSSR count). The van der Waals surface area contributed by atoms with Crippen LogP contribution in [-0.2, 0) is 0 Å². The van der Waals surface area contributed by atoms with Gasteiger partial charge in [0.1, 0.15) is 11.6 Å². The molecular weight excluding hydrogens is 320 g/mol. The van der Waals surface area contributed by atoms with E-state index in [-0.39, 0.29) is 11.3 Å². The third-order valence-electron chi connectivity index (χ3n) is 4.09. The third-order valence-corrected chi connectivity index (χ3v) is 4.09. The van der Waals surface area contributed by atoms with Gasteiger partial charge in [0.05, 0.1) is 16.0 Å². The van der Waals surface area contributed by atoms with Crippen LogP contribution in [0.25, 0.3) is 27.6 Å². The van der Waals surface area contributed by atoms with Gasteiger partial charge in [0.2, 0.25) is 0 Å². The summed E-state index contributed by atoms with van der Waals surface area (Å²) in [4.78, 5) is 26.3. The zero-order chi connectivity index (χ0) is 17.6. The van der Waals surface area contributed by atoms with E-state index in [2.05, 4.69) is 4.98 Å². The molecule has 1 N–H and O–H groups in total. The molecule has 0 amide bonds. The van der Waals surface area contributed by atoms with E-state index in [0.717, 1.165) is 10.9 Å². The number of benzene rings is 2. The number of nitrogens with one attached hydrogen (secondary N) is 1. The van der Waals surface area contributed by atoms with Gasteiger partial charge in [-0.25, -0.2) is 0 Å². The Bertz CT molecular complexity index is 1240. The van der Waals surface area contributed by atoms with Gasteiger partial charge in [-0.1, -0.05) is 18.2 Å². The minimum atomic E-state index is -0.500. The van der Waals surface area contributed by atoms with Crippen molar-refractivity contribution in [3.05, 3.63) is 80.6 Å². The average molecular weight is 330 g/mol. The normalized spacial score (nSPS) is 10.8. The van der Waals surface area contributed by atoms with Gasteiger partial charge in [0.25, 0.3) is 11.2 Å². The first-order valence-electron chi connectivity index (χ1n) is 7.41. The molecule has 0 saturated carbocycles. The SMILES string of the molecule is N#Cc1cc2[nH]c3ccccc3c2n(-c2ccc([N+](=O)[O-])cc2)c1=O. The highest BCUT2D eigenvalue weighted by Crippen LogP contribution is 2.27. The van der Waals surface area contributed by atoms with Crippen LogP contribution in [-0.4, -0.2) is 14.5 Å². The standard InChI is InChI=1S/C18H10N4O3/c19-10-11-9-16-17(14-3-1-2-4-15(14)20-16)21(18(11)23)12-5-7-13(8-6-12)22(24)25/h1-9,20H. The van der Waals surface area contributed by atoms with E-state index in [0.29, 0.717) is 16.7 Å². The summed E-state index contributed by atoms with van der Waals surface area (Å²) < 4.78 is 1.41. The van der Waals surface area contributed by atoms with Gasteiger partial charge in [-0.2, -0.15) is 5.26 Å². The predicted octanol–water partition coefficient (Wildman–Crippen LogP) is 3.25. The summed E-state index contributed by atoms with van der Waals surface area (Å²) in [6, 6.07) is 16.6. The quantitative estimate of drug-likeness (QED) is 0.450. The number of H-pyrrole nitrogens is 1. The number of aromatic nitrogens is 2. The minimum Gasteiger partial charge on any atom is -0.353 e. The molecule has 0 aliphatic heterocycles. The van der Waals surface area contributed by atoms with Crippen LogP contribution in [0.1, 0.15) is 5.56 Å². The van der Waals surface area contributed by atoms with E-state index < -0.39 is 10.5 Å². The van der Waals surface area contributed by atoms with Crippen LogP contribution < -0.4 is 5.56 Å². The molecule has 120 valence electrons. The highest BCUT2D eigenvalue weighted by atomic mass is 16.6. The van der Waals surface area contributed by atoms with Gasteiger partial charge < -0.3 is 4.98 Å². The Morgan fingerprint density at radius 3 is 2.48 bits per heavy atom. The second-order valence-electron chi connectivity index (χ2n) is 5.52. The van der Waals surface area contributed by atoms with Crippen molar-refractivity contribution in [2.45, 2.75) is 0 Å². The molecule has 0 saturated heterocycles. The van der Waals surface area contributed by atoms with Gasteiger partial charge >= 0.3 is 0 Å². The zero-order valence-electron chi connectivity index (χ0n) is 12.8. The fourth-order valence-electron chi connectivity index (χ4n) is 2.97. The Morgan fingerprint density at radius 1 is 1.08 bits per heavy atom. The molecule has 0 atom stereocenters. The molecule has 0 aliphatic rings. The molecule has 0 fully saturated rings. The monoisotopic (exact) mass is 330 g/mol. The Morgan fingerprint density at radius 2 is 1.80 bits per heavy atom. The average Bonchev–Trinajstić information content (AvgIpc) is 2.99. The van der Waals surface area contributed by atoms with Crippen molar-refractivity contribution >= 4 is 27.6 Å². The number of hydrogen-bond acceptors (Lipinski definition) is 4. The summed E-state index contributed by atoms with van der Waals surface area (Å²) in [5.74, 6) is 0. The lowest BCUT2D eigenvalue weighted by molar-refractivity contribution is -0.384. The van der Waals surface area contributed by atoms with E-state index in [1.165, 1.54) is 34.9 Å². The lowest BCUT2D eigenvalue weighted by Gasteiger charge is -2.09. The summed E-state index contributed by atoms with van der Waals surface area (Å²) in [6.07, 6.45) is 0. The number of nitrogens with zero attached hydrogens (tertiary/aromatic N) is 3. The first kappa shape index (κ1) is 14.7. The predicted molar refractivity (Wildman–Crippen MR) is 92.8 cm³/mol. The van der Waals surface area contributed by atoms with Crippen molar-refractivity contribution in [2.75, 3.05) is 0 Å². The van der Waals surface area contributed by atoms with Gasteiger partial charge in [-0.05, 0) is 24.3 Å². The fraction of sp³-hybridized carbons (Fsp3) is 0. The van der Waals surface area contributed by atoms with Crippen LogP contribution in [0.15, 0.2) is 59.4 Å². The van der Waals surface area contributed by atoms with Crippen molar-refractivity contribution < 1.29 is 4.92 Å². The van der Waals surface area contributed by atoms with Gasteiger partial charge in [0.15, 0.2) is 0 Å². The summed E-state index contributed by atoms with van der Waals surface area (Å²) >= 11 is 0. The number of pyridine rings is 1. The van der Waals surface area contributed by atoms with Crippen LogP contribution in [0.2, 0.25) is 0 Å². The first-order chi connectivity index (χ1) is 12.1. The Balaban J connectivity index is 2.14. The highest BCUT2D eigenvalue weighted by molar-refractivity contribution is 6.06. The largest absolute Gasteiger partial charge is 0.353 e. The lowest BCUT2D eigenvalue weighted by atomic mass is 10.2. The maximum atomic E-state index is 12.8. The summed E-state index contributed by atoms with van der Waals surface area (Å²) in [6.45, 7) is 0. The number of hydrogen-bond donors (Lipinski definition) is 1. The lowest BCUT2D eigenvalue weighted by Crippen LogP contribution is -2.21. The summed E-state index contributed by atoms with van der Waals surface area (Å²) in [7, 11) is 0. The van der Waals surface area contributed by atoms with E-state index in [1.54, 1.807) is 0 Å². The molecule has 2 aromatic heterocycles. The number of fused-ring (bicyclic) bond motifs is 3. The van der Waals surface area contributed by atoms with Crippen molar-refractivity contribution in [1.82, 2.24) is 9.55 Å². The van der Waals surface area contributed by atoms with Gasteiger partial charge in [-0.3, -0.25) is 19.5 Å². The Labute approximate surface area is 140 Å². The summed E-state index contributed by atoms with van der Waals surface area (Å²) in [5, 5.41) is 21.0. The number of aromatic amines is 1. The maximum Gasteiger partial charge on any atom is 0.273 e. The number of nitro benzene ring substituents is 1. The number of non-ortho nitro benzene ring substituents is 1. The molecule has 7 heteroatoms. The molecule has 0 aliphatic carbocycles. The number of para-hydroxylation sites is 1. The molecule has 7 nitrogen and oxygen atoms in total. The zero-order valence-corrected chi connectivity index (χ0v) is 12.8. The van der Waals surface area contributed by atoms with E-state index in [1.807, 2.05) is 30.3 Å². The van der Waals surface area contributed by atoms with Crippen molar-refractivity contribution in [1.29, 1.82) is 5.26 Å². The van der Waals surface area contributed by atoms with E-state index in [4.69, 9.17) is 0 Å². The highest BCUT2D eigenvalue weighted by Gasteiger charge is 2.16. The molecule has 2 heterocycles. The molecule has 0 unspecified atom stereocenters. The topological polar surface area (TPSA) is 105 Å². The van der Waals surface area contributed by atoms with Crippen molar-refractivity contribution in [3.63, 3.8) is 0 Å². The second-order valence-corrected chi connectivity index (χ2v) is 5.52. The molecule has 25 heavy (non-hydrogen) atoms. The third kappa shape index (κ3) is 2.16. The molecule has 0 bridgehead atoms. The van der Waals surface area contributed by atoms with Crippen molar-refractivity contribution in [3.8, 4) is 11.8 Å².